The highest BCUT2D eigenvalue weighted by Crippen LogP contribution is 2.16. The van der Waals surface area contributed by atoms with Crippen molar-refractivity contribution in [2.75, 3.05) is 32.7 Å². The first-order chi connectivity index (χ1) is 12.8. The van der Waals surface area contributed by atoms with Crippen LogP contribution in [0.15, 0.2) is 60.7 Å². The quantitative estimate of drug-likeness (QED) is 0.708. The number of hydrogen-bond donors (Lipinski definition) is 0. The first-order valence-corrected chi connectivity index (χ1v) is 9.36. The van der Waals surface area contributed by atoms with Gasteiger partial charge in [-0.25, -0.2) is 4.98 Å². The molecular weight excluding hydrogens is 320 g/mol. The Morgan fingerprint density at radius 3 is 2.35 bits per heavy atom. The molecule has 4 nitrogen and oxygen atoms in total. The van der Waals surface area contributed by atoms with E-state index in [0.29, 0.717) is 0 Å². The van der Waals surface area contributed by atoms with Crippen molar-refractivity contribution in [1.82, 2.24) is 19.4 Å². The summed E-state index contributed by atoms with van der Waals surface area (Å²) >= 11 is 0. The lowest BCUT2D eigenvalue weighted by atomic mass is 10.2. The molecule has 0 unspecified atom stereocenters. The maximum atomic E-state index is 4.81. The zero-order valence-electron chi connectivity index (χ0n) is 15.4. The molecule has 0 N–H and O–H groups in total. The van der Waals surface area contributed by atoms with Gasteiger partial charge in [0.05, 0.1) is 17.6 Å². The molecule has 1 aromatic heterocycles. The van der Waals surface area contributed by atoms with Crippen molar-refractivity contribution in [2.24, 2.45) is 7.05 Å². The number of hydrogen-bond acceptors (Lipinski definition) is 3. The van der Waals surface area contributed by atoms with Gasteiger partial charge in [0.25, 0.3) is 0 Å². The summed E-state index contributed by atoms with van der Waals surface area (Å²) in [7, 11) is 2.12. The van der Waals surface area contributed by atoms with Crippen molar-refractivity contribution in [2.45, 2.75) is 6.54 Å². The molecule has 4 rings (SSSR count). The topological polar surface area (TPSA) is 24.3 Å². The SMILES string of the molecule is Cn1c(CN2CCN(C/C=C/c3ccccc3)CC2)nc2ccccc21. The second-order valence-electron chi connectivity index (χ2n) is 6.97. The molecule has 0 aliphatic carbocycles. The van der Waals surface area contributed by atoms with E-state index in [-0.39, 0.29) is 0 Å². The van der Waals surface area contributed by atoms with Crippen molar-refractivity contribution < 1.29 is 0 Å². The molecule has 1 saturated heterocycles. The Hall–Kier alpha value is -2.43. The highest BCUT2D eigenvalue weighted by atomic mass is 15.3. The molecule has 2 heterocycles. The number of aromatic nitrogens is 2. The van der Waals surface area contributed by atoms with Crippen molar-refractivity contribution in [3.63, 3.8) is 0 Å². The van der Waals surface area contributed by atoms with E-state index >= 15 is 0 Å². The Morgan fingerprint density at radius 2 is 1.58 bits per heavy atom. The van der Waals surface area contributed by atoms with Crippen molar-refractivity contribution in [3.8, 4) is 0 Å². The number of aryl methyl sites for hydroxylation is 1. The van der Waals surface area contributed by atoms with E-state index in [1.54, 1.807) is 0 Å². The Morgan fingerprint density at radius 1 is 0.885 bits per heavy atom. The normalized spacial score (nSPS) is 16.7. The molecule has 0 amide bonds. The van der Waals surface area contributed by atoms with Crippen LogP contribution in [-0.4, -0.2) is 52.1 Å². The molecule has 1 aliphatic rings. The molecule has 1 aliphatic heterocycles. The van der Waals surface area contributed by atoms with Crippen LogP contribution < -0.4 is 0 Å². The molecule has 2 aromatic carbocycles. The maximum Gasteiger partial charge on any atom is 0.123 e. The first-order valence-electron chi connectivity index (χ1n) is 9.36. The largest absolute Gasteiger partial charge is 0.330 e. The molecule has 26 heavy (non-hydrogen) atoms. The summed E-state index contributed by atoms with van der Waals surface area (Å²) in [5.74, 6) is 1.16. The molecule has 0 radical (unpaired) electrons. The third-order valence-corrected chi connectivity index (χ3v) is 5.18. The number of piperazine rings is 1. The van der Waals surface area contributed by atoms with Gasteiger partial charge in [-0.15, -0.1) is 0 Å². The van der Waals surface area contributed by atoms with E-state index < -0.39 is 0 Å². The van der Waals surface area contributed by atoms with Crippen LogP contribution in [0.25, 0.3) is 17.1 Å². The third-order valence-electron chi connectivity index (χ3n) is 5.18. The summed E-state index contributed by atoms with van der Waals surface area (Å²) in [5.41, 5.74) is 3.58. The summed E-state index contributed by atoms with van der Waals surface area (Å²) in [6.07, 6.45) is 4.49. The standard InChI is InChI=1S/C22H26N4/c1-24-21-12-6-5-11-20(21)23-22(24)18-26-16-14-25(15-17-26)13-7-10-19-8-3-2-4-9-19/h2-12H,13-18H2,1H3/b10-7+. The zero-order valence-corrected chi connectivity index (χ0v) is 15.4. The lowest BCUT2D eigenvalue weighted by Crippen LogP contribution is -2.46. The molecule has 0 spiro atoms. The molecular formula is C22H26N4. The highest BCUT2D eigenvalue weighted by Gasteiger charge is 2.18. The molecule has 0 saturated carbocycles. The fraction of sp³-hybridized carbons (Fsp3) is 0.318. The van der Waals surface area contributed by atoms with Crippen molar-refractivity contribution >= 4 is 17.1 Å². The van der Waals surface area contributed by atoms with Gasteiger partial charge in [-0.3, -0.25) is 9.80 Å². The third kappa shape index (κ3) is 3.87. The molecule has 1 fully saturated rings. The molecule has 0 atom stereocenters. The minimum Gasteiger partial charge on any atom is -0.330 e. The van der Waals surface area contributed by atoms with Crippen LogP contribution in [0.5, 0.6) is 0 Å². The van der Waals surface area contributed by atoms with E-state index in [0.717, 1.165) is 50.6 Å². The van der Waals surface area contributed by atoms with Crippen LogP contribution >= 0.6 is 0 Å². The monoisotopic (exact) mass is 346 g/mol. The van der Waals surface area contributed by atoms with E-state index in [1.807, 2.05) is 0 Å². The number of nitrogens with zero attached hydrogens (tertiary/aromatic N) is 4. The second-order valence-corrected chi connectivity index (χ2v) is 6.97. The highest BCUT2D eigenvalue weighted by molar-refractivity contribution is 5.75. The lowest BCUT2D eigenvalue weighted by Gasteiger charge is -2.33. The summed E-state index contributed by atoms with van der Waals surface area (Å²) in [6, 6.07) is 18.9. The zero-order chi connectivity index (χ0) is 17.8. The summed E-state index contributed by atoms with van der Waals surface area (Å²) in [6.45, 7) is 6.38. The van der Waals surface area contributed by atoms with Crippen LogP contribution in [0.3, 0.4) is 0 Å². The van der Waals surface area contributed by atoms with Gasteiger partial charge in [0.1, 0.15) is 5.82 Å². The van der Waals surface area contributed by atoms with Gasteiger partial charge in [-0.2, -0.15) is 0 Å². The summed E-state index contributed by atoms with van der Waals surface area (Å²) < 4.78 is 2.23. The van der Waals surface area contributed by atoms with Crippen LogP contribution in [-0.2, 0) is 13.6 Å². The average Bonchev–Trinajstić information content (AvgIpc) is 3.00. The maximum absolute atomic E-state index is 4.81. The van der Waals surface area contributed by atoms with Crippen molar-refractivity contribution in [1.29, 1.82) is 0 Å². The predicted molar refractivity (Wildman–Crippen MR) is 108 cm³/mol. The molecule has 134 valence electrons. The van der Waals surface area contributed by atoms with Gasteiger partial charge in [-0.1, -0.05) is 54.6 Å². The van der Waals surface area contributed by atoms with Crippen LogP contribution in [0.2, 0.25) is 0 Å². The lowest BCUT2D eigenvalue weighted by molar-refractivity contribution is 0.134. The molecule has 3 aromatic rings. The van der Waals surface area contributed by atoms with E-state index in [2.05, 4.69) is 88.2 Å². The van der Waals surface area contributed by atoms with Gasteiger partial charge in [0.15, 0.2) is 0 Å². The number of para-hydroxylation sites is 2. The number of rotatable bonds is 5. The van der Waals surface area contributed by atoms with Crippen molar-refractivity contribution in [3.05, 3.63) is 72.1 Å². The Balaban J connectivity index is 1.29. The van der Waals surface area contributed by atoms with E-state index in [1.165, 1.54) is 11.1 Å². The smallest absolute Gasteiger partial charge is 0.123 e. The van der Waals surface area contributed by atoms with E-state index in [4.69, 9.17) is 4.98 Å². The predicted octanol–water partition coefficient (Wildman–Crippen LogP) is 3.40. The first kappa shape index (κ1) is 17.0. The Labute approximate surface area is 155 Å². The van der Waals surface area contributed by atoms with Gasteiger partial charge < -0.3 is 4.57 Å². The molecule has 0 bridgehead atoms. The molecule has 4 heteroatoms. The number of imidazole rings is 1. The number of benzene rings is 2. The van der Waals surface area contributed by atoms with Gasteiger partial charge >= 0.3 is 0 Å². The minimum absolute atomic E-state index is 0.929. The van der Waals surface area contributed by atoms with Crippen LogP contribution in [0, 0.1) is 0 Å². The summed E-state index contributed by atoms with van der Waals surface area (Å²) in [5, 5.41) is 0. The van der Waals surface area contributed by atoms with Gasteiger partial charge in [0, 0.05) is 39.8 Å². The van der Waals surface area contributed by atoms with Crippen LogP contribution in [0.4, 0.5) is 0 Å². The average molecular weight is 346 g/mol. The Bertz CT molecular complexity index is 874. The van der Waals surface area contributed by atoms with Gasteiger partial charge in [-0.05, 0) is 17.7 Å². The van der Waals surface area contributed by atoms with E-state index in [9.17, 15) is 0 Å². The Kier molecular flexibility index (Phi) is 5.14. The fourth-order valence-electron chi connectivity index (χ4n) is 3.57. The summed E-state index contributed by atoms with van der Waals surface area (Å²) in [4.78, 5) is 9.84. The number of fused-ring (bicyclic) bond motifs is 1. The minimum atomic E-state index is 0.929. The fourth-order valence-corrected chi connectivity index (χ4v) is 3.57. The van der Waals surface area contributed by atoms with Gasteiger partial charge in [0.2, 0.25) is 0 Å². The van der Waals surface area contributed by atoms with Crippen LogP contribution in [0.1, 0.15) is 11.4 Å². The second kappa shape index (κ2) is 7.85.